The summed E-state index contributed by atoms with van der Waals surface area (Å²) < 4.78 is 0. The molecule has 0 aromatic heterocycles. The van der Waals surface area contributed by atoms with Gasteiger partial charge >= 0.3 is 0 Å². The molecule has 0 nitrogen and oxygen atoms in total. The lowest BCUT2D eigenvalue weighted by Crippen LogP contribution is -2.14. The van der Waals surface area contributed by atoms with E-state index in [1.54, 1.807) is 0 Å². The lowest BCUT2D eigenvalue weighted by molar-refractivity contribution is 0.425. The second-order valence-corrected chi connectivity index (χ2v) is 18.3. The zero-order valence-corrected chi connectivity index (χ0v) is 37.9. The number of rotatable bonds is 22. The molecular weight excluding hydrogens is 745 g/mol. The van der Waals surface area contributed by atoms with Crippen molar-refractivity contribution >= 4 is 0 Å². The highest BCUT2D eigenvalue weighted by atomic mass is 14.3. The van der Waals surface area contributed by atoms with Crippen molar-refractivity contribution in [3.8, 4) is 0 Å². The van der Waals surface area contributed by atoms with Gasteiger partial charge in [0.1, 0.15) is 0 Å². The lowest BCUT2D eigenvalue weighted by Gasteiger charge is -2.31. The molecule has 0 saturated heterocycles. The molecule has 0 amide bonds. The topological polar surface area (TPSA) is 0 Å². The van der Waals surface area contributed by atoms with Gasteiger partial charge in [-0.15, -0.1) is 0 Å². The van der Waals surface area contributed by atoms with E-state index in [4.69, 9.17) is 0 Å². The molecule has 0 bridgehead atoms. The molecule has 0 radical (unpaired) electrons. The minimum atomic E-state index is 0.428. The van der Waals surface area contributed by atoms with Crippen LogP contribution in [-0.2, 0) is 0 Å². The molecular formula is C62H70. The molecule has 0 spiro atoms. The maximum absolute atomic E-state index is 2.54. The van der Waals surface area contributed by atoms with Crippen LogP contribution in [0.5, 0.6) is 0 Å². The summed E-state index contributed by atoms with van der Waals surface area (Å²) in [5.74, 6) is 3.71. The van der Waals surface area contributed by atoms with Crippen LogP contribution in [0.3, 0.4) is 0 Å². The maximum atomic E-state index is 2.54. The quantitative estimate of drug-likeness (QED) is 0.0639. The third kappa shape index (κ3) is 12.3. The van der Waals surface area contributed by atoms with Crippen LogP contribution in [-0.4, -0.2) is 0 Å². The van der Waals surface area contributed by atoms with Crippen LogP contribution in [0.15, 0.2) is 206 Å². The van der Waals surface area contributed by atoms with E-state index < -0.39 is 0 Å². The van der Waals surface area contributed by atoms with Gasteiger partial charge in [-0.2, -0.15) is 0 Å². The first-order valence-electron chi connectivity index (χ1n) is 23.9. The Labute approximate surface area is 375 Å². The van der Waals surface area contributed by atoms with Gasteiger partial charge in [0.05, 0.1) is 0 Å². The average molecular weight is 815 g/mol. The molecule has 7 aromatic rings. The van der Waals surface area contributed by atoms with Crippen LogP contribution in [0.4, 0.5) is 0 Å². The first-order valence-corrected chi connectivity index (χ1v) is 23.9. The van der Waals surface area contributed by atoms with Gasteiger partial charge in [-0.05, 0) is 143 Å². The van der Waals surface area contributed by atoms with Gasteiger partial charge in [0.25, 0.3) is 0 Å². The SMILES string of the molecule is CCC(CC(CC(CC(C)c1ccccc1)c1ccccc1)c1ccc(C(CC(CC)c2ccccc2)CC(CC(C)c2ccccc2)c2ccccc2)cc1)c1ccccc1. The Morgan fingerprint density at radius 1 is 0.226 bits per heavy atom. The van der Waals surface area contributed by atoms with Crippen LogP contribution < -0.4 is 0 Å². The lowest BCUT2D eigenvalue weighted by atomic mass is 9.73. The van der Waals surface area contributed by atoms with Crippen LogP contribution in [0, 0.1) is 0 Å². The number of hydrogen-bond acceptors (Lipinski definition) is 0. The third-order valence-corrected chi connectivity index (χ3v) is 14.2. The van der Waals surface area contributed by atoms with Crippen molar-refractivity contribution in [1.29, 1.82) is 0 Å². The summed E-state index contributed by atoms with van der Waals surface area (Å²) >= 11 is 0. The molecule has 0 N–H and O–H groups in total. The van der Waals surface area contributed by atoms with Crippen LogP contribution >= 0.6 is 0 Å². The minimum Gasteiger partial charge on any atom is -0.0648 e. The fourth-order valence-corrected chi connectivity index (χ4v) is 10.6. The highest BCUT2D eigenvalue weighted by molar-refractivity contribution is 5.33. The summed E-state index contributed by atoms with van der Waals surface area (Å²) in [4.78, 5) is 0. The van der Waals surface area contributed by atoms with E-state index >= 15 is 0 Å². The van der Waals surface area contributed by atoms with Crippen molar-refractivity contribution < 1.29 is 0 Å². The van der Waals surface area contributed by atoms with Gasteiger partial charge in [-0.3, -0.25) is 0 Å². The molecule has 7 aromatic carbocycles. The predicted octanol–water partition coefficient (Wildman–Crippen LogP) is 17.8. The van der Waals surface area contributed by atoms with Crippen molar-refractivity contribution in [3.05, 3.63) is 251 Å². The smallest absolute Gasteiger partial charge is 0.0150 e. The molecule has 0 heteroatoms. The van der Waals surface area contributed by atoms with Crippen molar-refractivity contribution in [3.63, 3.8) is 0 Å². The van der Waals surface area contributed by atoms with Crippen LogP contribution in [0.2, 0.25) is 0 Å². The second-order valence-electron chi connectivity index (χ2n) is 18.3. The summed E-state index contributed by atoms with van der Waals surface area (Å²) in [6.07, 6.45) is 9.09. The third-order valence-electron chi connectivity index (χ3n) is 14.2. The number of hydrogen-bond donors (Lipinski definition) is 0. The van der Waals surface area contributed by atoms with Gasteiger partial charge in [0, 0.05) is 0 Å². The Morgan fingerprint density at radius 2 is 0.419 bits per heavy atom. The minimum absolute atomic E-state index is 0.428. The Bertz CT molecular complexity index is 2080. The van der Waals surface area contributed by atoms with Gasteiger partial charge < -0.3 is 0 Å². The predicted molar refractivity (Wildman–Crippen MR) is 267 cm³/mol. The molecule has 318 valence electrons. The molecule has 0 saturated carbocycles. The standard InChI is InChI=1S/C62H70/c1-5-49(53-29-17-9-18-30-53)43-61(45-59(55-33-21-11-22-34-55)41-47(3)51-25-13-7-14-26-51)57-37-39-58(40-38-57)62(44-50(6-2)54-31-19-10-20-32-54)46-60(56-35-23-12-24-36-56)42-48(4)52-27-15-8-16-28-52/h7-40,47-50,59-62H,5-6,41-46H2,1-4H3. The Kier molecular flexibility index (Phi) is 16.6. The highest BCUT2D eigenvalue weighted by Crippen LogP contribution is 2.45. The molecule has 0 aliphatic rings. The van der Waals surface area contributed by atoms with Crippen molar-refractivity contribution in [1.82, 2.24) is 0 Å². The summed E-state index contributed by atoms with van der Waals surface area (Å²) in [7, 11) is 0. The normalized spacial score (nSPS) is 15.4. The molecule has 0 aliphatic heterocycles. The first kappa shape index (κ1) is 44.6. The average Bonchev–Trinajstić information content (AvgIpc) is 3.35. The molecule has 0 aliphatic carbocycles. The zero-order valence-electron chi connectivity index (χ0n) is 37.9. The monoisotopic (exact) mass is 815 g/mol. The highest BCUT2D eigenvalue weighted by Gasteiger charge is 2.28. The molecule has 62 heavy (non-hydrogen) atoms. The fourth-order valence-electron chi connectivity index (χ4n) is 10.6. The van der Waals surface area contributed by atoms with E-state index in [2.05, 4.69) is 234 Å². The molecule has 8 atom stereocenters. The van der Waals surface area contributed by atoms with E-state index in [1.165, 1.54) is 44.5 Å². The van der Waals surface area contributed by atoms with Gasteiger partial charge in [0.15, 0.2) is 0 Å². The van der Waals surface area contributed by atoms with E-state index in [1.807, 2.05) is 0 Å². The largest absolute Gasteiger partial charge is 0.0648 e. The van der Waals surface area contributed by atoms with E-state index in [0.29, 0.717) is 47.3 Å². The van der Waals surface area contributed by atoms with E-state index in [-0.39, 0.29) is 0 Å². The van der Waals surface area contributed by atoms with E-state index in [0.717, 1.165) is 51.4 Å². The molecule has 8 unspecified atom stereocenters. The maximum Gasteiger partial charge on any atom is -0.0150 e. The van der Waals surface area contributed by atoms with Crippen molar-refractivity contribution in [2.45, 2.75) is 126 Å². The molecule has 7 rings (SSSR count). The first-order chi connectivity index (χ1) is 30.5. The van der Waals surface area contributed by atoms with Gasteiger partial charge in [-0.1, -0.05) is 234 Å². The fraction of sp³-hybridized carbons (Fsp3) is 0.323. The zero-order chi connectivity index (χ0) is 42.9. The van der Waals surface area contributed by atoms with Gasteiger partial charge in [-0.25, -0.2) is 0 Å². The molecule has 0 heterocycles. The summed E-state index contributed by atoms with van der Waals surface area (Å²) in [6, 6.07) is 77.9. The van der Waals surface area contributed by atoms with E-state index in [9.17, 15) is 0 Å². The van der Waals surface area contributed by atoms with Crippen LogP contribution in [0.1, 0.15) is 171 Å². The second kappa shape index (κ2) is 23.1. The molecule has 0 fully saturated rings. The van der Waals surface area contributed by atoms with Crippen molar-refractivity contribution in [2.24, 2.45) is 0 Å². The van der Waals surface area contributed by atoms with Crippen LogP contribution in [0.25, 0.3) is 0 Å². The Morgan fingerprint density at radius 3 is 0.677 bits per heavy atom. The summed E-state index contributed by atoms with van der Waals surface area (Å²) in [6.45, 7) is 9.62. The number of benzene rings is 7. The van der Waals surface area contributed by atoms with Gasteiger partial charge in [0.2, 0.25) is 0 Å². The summed E-state index contributed by atoms with van der Waals surface area (Å²) in [5.41, 5.74) is 11.7. The summed E-state index contributed by atoms with van der Waals surface area (Å²) in [5, 5.41) is 0. The Balaban J connectivity index is 1.24. The Hall–Kier alpha value is -5.46. The van der Waals surface area contributed by atoms with Crippen molar-refractivity contribution in [2.75, 3.05) is 0 Å².